The molecule has 0 spiro atoms. The van der Waals surface area contributed by atoms with Crippen LogP contribution in [-0.4, -0.2) is 37.4 Å². The zero-order valence-electron chi connectivity index (χ0n) is 18.8. The van der Waals surface area contributed by atoms with Gasteiger partial charge in [-0.2, -0.15) is 5.10 Å². The highest BCUT2D eigenvalue weighted by atomic mass is 16.5. The molecule has 0 atom stereocenters. The lowest BCUT2D eigenvalue weighted by atomic mass is 10.1. The van der Waals surface area contributed by atoms with Crippen LogP contribution in [0.15, 0.2) is 59.7 Å². The van der Waals surface area contributed by atoms with Crippen molar-refractivity contribution in [3.05, 3.63) is 77.1 Å². The number of carbonyl (C=O) groups excluding carboxylic acids is 1. The summed E-state index contributed by atoms with van der Waals surface area (Å²) in [6, 6.07) is 18.1. The van der Waals surface area contributed by atoms with E-state index in [4.69, 9.17) is 4.74 Å². The minimum absolute atomic E-state index is 0.100. The van der Waals surface area contributed by atoms with E-state index in [1.54, 1.807) is 6.21 Å². The molecule has 3 aromatic rings. The number of benzene rings is 2. The molecule has 0 aliphatic carbocycles. The summed E-state index contributed by atoms with van der Waals surface area (Å²) in [5, 5.41) is 4.13. The van der Waals surface area contributed by atoms with E-state index < -0.39 is 0 Å². The zero-order valence-corrected chi connectivity index (χ0v) is 18.8. The van der Waals surface area contributed by atoms with Crippen LogP contribution in [0.3, 0.4) is 0 Å². The highest BCUT2D eigenvalue weighted by Gasteiger charge is 2.12. The van der Waals surface area contributed by atoms with Gasteiger partial charge in [0.05, 0.1) is 6.21 Å². The first-order chi connectivity index (χ1) is 14.9. The largest absolute Gasteiger partial charge is 0.484 e. The van der Waals surface area contributed by atoms with Crippen molar-refractivity contribution >= 4 is 17.8 Å². The second kappa shape index (κ2) is 9.98. The maximum absolute atomic E-state index is 12.1. The number of hydrogen-bond acceptors (Lipinski definition) is 4. The topological polar surface area (TPSA) is 58.9 Å². The van der Waals surface area contributed by atoms with Crippen molar-refractivity contribution in [2.75, 3.05) is 25.6 Å². The highest BCUT2D eigenvalue weighted by molar-refractivity contribution is 5.84. The molecule has 0 aliphatic heterocycles. The van der Waals surface area contributed by atoms with Gasteiger partial charge >= 0.3 is 0 Å². The van der Waals surface area contributed by atoms with Crippen molar-refractivity contribution in [3.8, 4) is 11.4 Å². The number of ether oxygens (including phenoxy) is 1. The number of rotatable bonds is 8. The Kier molecular flexibility index (Phi) is 7.13. The third-order valence-electron chi connectivity index (χ3n) is 5.18. The third kappa shape index (κ3) is 5.34. The van der Waals surface area contributed by atoms with Crippen molar-refractivity contribution in [1.82, 2.24) is 9.99 Å². The fourth-order valence-corrected chi connectivity index (χ4v) is 3.52. The molecule has 0 saturated carbocycles. The fraction of sp³-hybridized carbons (Fsp3) is 0.280. The van der Waals surface area contributed by atoms with Gasteiger partial charge in [0.25, 0.3) is 5.91 Å². The van der Waals surface area contributed by atoms with Gasteiger partial charge in [-0.1, -0.05) is 31.2 Å². The number of amides is 1. The molecule has 0 bridgehead atoms. The Hall–Kier alpha value is -3.54. The molecule has 1 heterocycles. The Morgan fingerprint density at radius 1 is 1.13 bits per heavy atom. The number of aromatic nitrogens is 1. The molecule has 1 aromatic heterocycles. The van der Waals surface area contributed by atoms with Crippen molar-refractivity contribution in [2.45, 2.75) is 27.2 Å². The maximum atomic E-state index is 12.1. The smallest absolute Gasteiger partial charge is 0.277 e. The Morgan fingerprint density at radius 3 is 2.65 bits per heavy atom. The van der Waals surface area contributed by atoms with E-state index in [1.165, 1.54) is 11.3 Å². The van der Waals surface area contributed by atoms with Gasteiger partial charge < -0.3 is 14.2 Å². The molecule has 0 radical (unpaired) electrons. The normalized spacial score (nSPS) is 11.0. The average Bonchev–Trinajstić information content (AvgIpc) is 3.05. The number of hydrogen-bond donors (Lipinski definition) is 1. The number of anilines is 1. The number of carbonyl (C=O) groups is 1. The van der Waals surface area contributed by atoms with Crippen molar-refractivity contribution < 1.29 is 9.53 Å². The molecule has 0 saturated heterocycles. The summed E-state index contributed by atoms with van der Waals surface area (Å²) in [4.78, 5) is 14.1. The van der Waals surface area contributed by atoms with Crippen LogP contribution in [0.2, 0.25) is 0 Å². The minimum atomic E-state index is -0.309. The van der Waals surface area contributed by atoms with Crippen LogP contribution in [0.1, 0.15) is 29.4 Å². The Morgan fingerprint density at radius 2 is 1.90 bits per heavy atom. The summed E-state index contributed by atoms with van der Waals surface area (Å²) >= 11 is 0. The molecule has 1 amide bonds. The van der Waals surface area contributed by atoms with Crippen LogP contribution in [0.5, 0.6) is 5.75 Å². The van der Waals surface area contributed by atoms with E-state index in [2.05, 4.69) is 66.2 Å². The molecule has 6 nitrogen and oxygen atoms in total. The lowest BCUT2D eigenvalue weighted by Gasteiger charge is -2.14. The number of para-hydroxylation sites is 1. The molecule has 3 rings (SSSR count). The molecule has 0 aliphatic rings. The maximum Gasteiger partial charge on any atom is 0.277 e. The van der Waals surface area contributed by atoms with Crippen LogP contribution >= 0.6 is 0 Å². The highest BCUT2D eigenvalue weighted by Crippen LogP contribution is 2.23. The second-order valence-electron chi connectivity index (χ2n) is 7.62. The molecular weight excluding hydrogens is 388 g/mol. The third-order valence-corrected chi connectivity index (χ3v) is 5.18. The van der Waals surface area contributed by atoms with Crippen LogP contribution in [0, 0.1) is 13.8 Å². The summed E-state index contributed by atoms with van der Waals surface area (Å²) in [7, 11) is 3.91. The molecule has 0 fully saturated rings. The van der Waals surface area contributed by atoms with Crippen molar-refractivity contribution in [3.63, 3.8) is 0 Å². The van der Waals surface area contributed by atoms with E-state index in [-0.39, 0.29) is 12.5 Å². The van der Waals surface area contributed by atoms with Crippen molar-refractivity contribution in [2.24, 2.45) is 5.10 Å². The predicted octanol–water partition coefficient (Wildman–Crippen LogP) is 4.25. The second-order valence-corrected chi connectivity index (χ2v) is 7.62. The summed E-state index contributed by atoms with van der Waals surface area (Å²) in [6.07, 6.45) is 2.64. The predicted molar refractivity (Wildman–Crippen MR) is 127 cm³/mol. The van der Waals surface area contributed by atoms with Crippen LogP contribution in [0.25, 0.3) is 5.69 Å². The molecule has 31 heavy (non-hydrogen) atoms. The lowest BCUT2D eigenvalue weighted by Crippen LogP contribution is -2.24. The monoisotopic (exact) mass is 418 g/mol. The van der Waals surface area contributed by atoms with E-state index in [1.807, 2.05) is 43.3 Å². The lowest BCUT2D eigenvalue weighted by molar-refractivity contribution is -0.123. The summed E-state index contributed by atoms with van der Waals surface area (Å²) in [6.45, 7) is 6.19. The van der Waals surface area contributed by atoms with E-state index in [0.29, 0.717) is 5.75 Å². The van der Waals surface area contributed by atoms with Gasteiger partial charge in [-0.15, -0.1) is 0 Å². The minimum Gasteiger partial charge on any atom is -0.484 e. The van der Waals surface area contributed by atoms with E-state index >= 15 is 0 Å². The Balaban J connectivity index is 1.64. The first-order valence-corrected chi connectivity index (χ1v) is 10.4. The van der Waals surface area contributed by atoms with Crippen LogP contribution in [0.4, 0.5) is 5.69 Å². The van der Waals surface area contributed by atoms with E-state index in [0.717, 1.165) is 29.1 Å². The van der Waals surface area contributed by atoms with Gasteiger partial charge in [-0.3, -0.25) is 4.79 Å². The molecule has 6 heteroatoms. The number of nitrogens with zero attached hydrogens (tertiary/aromatic N) is 3. The molecule has 162 valence electrons. The molecular formula is C25H30N4O2. The molecule has 2 aromatic carbocycles. The average molecular weight is 419 g/mol. The number of nitrogens with one attached hydrogen (secondary N) is 1. The Bertz CT molecular complexity index is 1080. The van der Waals surface area contributed by atoms with Gasteiger partial charge in [-0.05, 0) is 50.1 Å². The molecule has 0 unspecified atom stereocenters. The zero-order chi connectivity index (χ0) is 22.4. The van der Waals surface area contributed by atoms with Gasteiger partial charge in [0, 0.05) is 48.5 Å². The van der Waals surface area contributed by atoms with Gasteiger partial charge in [0.2, 0.25) is 0 Å². The standard InChI is InChI=1S/C25H30N4O2/c1-6-20-10-7-8-13-24(20)29-18(2)14-21(19(29)3)16-26-27-25(30)17-31-23-12-9-11-22(15-23)28(4)5/h7-16H,6,17H2,1-5H3,(H,27,30)/b26-16+. The Labute approximate surface area is 184 Å². The van der Waals surface area contributed by atoms with Crippen molar-refractivity contribution in [1.29, 1.82) is 0 Å². The summed E-state index contributed by atoms with van der Waals surface area (Å²) < 4.78 is 7.80. The fourth-order valence-electron chi connectivity index (χ4n) is 3.52. The van der Waals surface area contributed by atoms with E-state index in [9.17, 15) is 4.79 Å². The molecule has 1 N–H and O–H groups in total. The summed E-state index contributed by atoms with van der Waals surface area (Å²) in [5.74, 6) is 0.333. The van der Waals surface area contributed by atoms with Gasteiger partial charge in [0.15, 0.2) is 6.61 Å². The first kappa shape index (κ1) is 22.2. The number of aryl methyl sites for hydroxylation is 2. The van der Waals surface area contributed by atoms with Gasteiger partial charge in [-0.25, -0.2) is 5.43 Å². The van der Waals surface area contributed by atoms with Crippen LogP contribution < -0.4 is 15.1 Å². The quantitative estimate of drug-likeness (QED) is 0.439. The van der Waals surface area contributed by atoms with Crippen LogP contribution in [-0.2, 0) is 11.2 Å². The SMILES string of the molecule is CCc1ccccc1-n1c(C)cc(/C=N/NC(=O)COc2cccc(N(C)C)c2)c1C. The first-order valence-electron chi connectivity index (χ1n) is 10.4. The van der Waals surface area contributed by atoms with Gasteiger partial charge in [0.1, 0.15) is 5.75 Å². The number of hydrazone groups is 1. The summed E-state index contributed by atoms with van der Waals surface area (Å²) in [5.41, 5.74) is 9.18.